The summed E-state index contributed by atoms with van der Waals surface area (Å²) in [6.07, 6.45) is -0.0629. The SMILES string of the molecule is O=C(Cc1nonc1C(=Nc1ccc(F)c(Br)c1)NO)N1CCOCC1. The van der Waals surface area contributed by atoms with Crippen molar-refractivity contribution in [3.63, 3.8) is 0 Å². The highest BCUT2D eigenvalue weighted by atomic mass is 79.9. The van der Waals surface area contributed by atoms with Crippen LogP contribution in [-0.4, -0.2) is 58.5 Å². The van der Waals surface area contributed by atoms with Crippen molar-refractivity contribution in [1.29, 1.82) is 0 Å². The predicted octanol–water partition coefficient (Wildman–Crippen LogP) is 1.43. The van der Waals surface area contributed by atoms with Crippen LogP contribution in [0.5, 0.6) is 0 Å². The lowest BCUT2D eigenvalue weighted by atomic mass is 10.2. The summed E-state index contributed by atoms with van der Waals surface area (Å²) in [5.41, 5.74) is 2.58. The van der Waals surface area contributed by atoms with E-state index in [1.54, 1.807) is 4.90 Å². The molecule has 0 aliphatic carbocycles. The summed E-state index contributed by atoms with van der Waals surface area (Å²) in [4.78, 5) is 18.2. The Morgan fingerprint density at radius 1 is 1.38 bits per heavy atom. The second-order valence-electron chi connectivity index (χ2n) is 5.40. The molecule has 11 heteroatoms. The number of aromatic nitrogens is 2. The number of morpholine rings is 1. The van der Waals surface area contributed by atoms with E-state index in [2.05, 4.69) is 31.2 Å². The number of halogens is 2. The van der Waals surface area contributed by atoms with Gasteiger partial charge in [0.25, 0.3) is 0 Å². The van der Waals surface area contributed by atoms with E-state index < -0.39 is 5.82 Å². The van der Waals surface area contributed by atoms with Gasteiger partial charge in [0.2, 0.25) is 5.91 Å². The topological polar surface area (TPSA) is 113 Å². The summed E-state index contributed by atoms with van der Waals surface area (Å²) in [5, 5.41) is 16.8. The first-order valence-corrected chi connectivity index (χ1v) is 8.49. The number of hydrogen-bond acceptors (Lipinski definition) is 7. The van der Waals surface area contributed by atoms with Crippen LogP contribution in [0, 0.1) is 5.82 Å². The zero-order valence-electron chi connectivity index (χ0n) is 13.5. The van der Waals surface area contributed by atoms with Gasteiger partial charge in [0.05, 0.1) is 29.8 Å². The number of carbonyl (C=O) groups excluding carboxylic acids is 1. The van der Waals surface area contributed by atoms with Crippen LogP contribution in [0.25, 0.3) is 0 Å². The zero-order chi connectivity index (χ0) is 18.5. The van der Waals surface area contributed by atoms with Gasteiger partial charge in [0, 0.05) is 13.1 Å². The Kier molecular flexibility index (Phi) is 5.91. The minimum absolute atomic E-state index is 0.0629. The fourth-order valence-corrected chi connectivity index (χ4v) is 2.75. The van der Waals surface area contributed by atoms with Crippen LogP contribution in [-0.2, 0) is 16.0 Å². The number of amides is 1. The molecule has 0 spiro atoms. The highest BCUT2D eigenvalue weighted by Crippen LogP contribution is 2.23. The molecule has 1 saturated heterocycles. The predicted molar refractivity (Wildman–Crippen MR) is 90.6 cm³/mol. The minimum Gasteiger partial charge on any atom is -0.378 e. The molecule has 0 saturated carbocycles. The number of amidine groups is 1. The lowest BCUT2D eigenvalue weighted by Gasteiger charge is -2.26. The summed E-state index contributed by atoms with van der Waals surface area (Å²) < 4.78 is 23.5. The normalized spacial score (nSPS) is 15.2. The number of nitrogens with zero attached hydrogens (tertiary/aromatic N) is 4. The number of carbonyl (C=O) groups is 1. The van der Waals surface area contributed by atoms with E-state index in [1.165, 1.54) is 18.2 Å². The fourth-order valence-electron chi connectivity index (χ4n) is 2.38. The second kappa shape index (κ2) is 8.34. The average Bonchev–Trinajstić information content (AvgIpc) is 3.11. The number of hydroxylamine groups is 1. The van der Waals surface area contributed by atoms with Crippen LogP contribution in [0.4, 0.5) is 10.1 Å². The molecule has 1 aliphatic heterocycles. The minimum atomic E-state index is -0.442. The molecule has 0 radical (unpaired) electrons. The highest BCUT2D eigenvalue weighted by molar-refractivity contribution is 9.10. The second-order valence-corrected chi connectivity index (χ2v) is 6.25. The van der Waals surface area contributed by atoms with Crippen molar-refractivity contribution in [3.8, 4) is 0 Å². The first-order valence-electron chi connectivity index (χ1n) is 7.69. The van der Waals surface area contributed by atoms with Gasteiger partial charge in [-0.2, -0.15) is 0 Å². The van der Waals surface area contributed by atoms with Gasteiger partial charge >= 0.3 is 0 Å². The Labute approximate surface area is 155 Å². The van der Waals surface area contributed by atoms with Crippen molar-refractivity contribution >= 4 is 33.4 Å². The van der Waals surface area contributed by atoms with Crippen LogP contribution in [0.1, 0.15) is 11.4 Å². The Balaban J connectivity index is 1.81. The summed E-state index contributed by atoms with van der Waals surface area (Å²) in [6, 6.07) is 4.07. The molecule has 1 amide bonds. The van der Waals surface area contributed by atoms with Crippen molar-refractivity contribution in [2.75, 3.05) is 26.3 Å². The van der Waals surface area contributed by atoms with E-state index in [0.29, 0.717) is 32.0 Å². The van der Waals surface area contributed by atoms with Crippen molar-refractivity contribution < 1.29 is 23.8 Å². The van der Waals surface area contributed by atoms with Crippen molar-refractivity contribution in [2.45, 2.75) is 6.42 Å². The van der Waals surface area contributed by atoms with Gasteiger partial charge in [0.1, 0.15) is 11.5 Å². The van der Waals surface area contributed by atoms with Crippen LogP contribution >= 0.6 is 15.9 Å². The Morgan fingerprint density at radius 2 is 2.15 bits per heavy atom. The van der Waals surface area contributed by atoms with E-state index >= 15 is 0 Å². The largest absolute Gasteiger partial charge is 0.378 e. The van der Waals surface area contributed by atoms with Crippen LogP contribution in [0.2, 0.25) is 0 Å². The van der Waals surface area contributed by atoms with E-state index in [1.807, 2.05) is 5.48 Å². The maximum Gasteiger partial charge on any atom is 0.228 e. The van der Waals surface area contributed by atoms with E-state index in [0.717, 1.165) is 0 Å². The van der Waals surface area contributed by atoms with Gasteiger partial charge in [-0.1, -0.05) is 5.16 Å². The van der Waals surface area contributed by atoms with E-state index in [4.69, 9.17) is 9.37 Å². The van der Waals surface area contributed by atoms with Crippen molar-refractivity contribution in [2.24, 2.45) is 4.99 Å². The molecule has 2 aromatic rings. The molecule has 0 unspecified atom stereocenters. The molecule has 138 valence electrons. The molecule has 9 nitrogen and oxygen atoms in total. The van der Waals surface area contributed by atoms with Crippen molar-refractivity contribution in [3.05, 3.63) is 39.9 Å². The lowest BCUT2D eigenvalue weighted by molar-refractivity contribution is -0.134. The Morgan fingerprint density at radius 3 is 2.85 bits per heavy atom. The van der Waals surface area contributed by atoms with Gasteiger partial charge in [-0.15, -0.1) is 0 Å². The number of ether oxygens (including phenoxy) is 1. The Hall–Kier alpha value is -2.37. The van der Waals surface area contributed by atoms with E-state index in [9.17, 15) is 14.4 Å². The summed E-state index contributed by atoms with van der Waals surface area (Å²) in [6.45, 7) is 1.98. The quantitative estimate of drug-likeness (QED) is 0.430. The maximum absolute atomic E-state index is 13.3. The standard InChI is InChI=1S/C15H15BrFN5O4/c16-10-7-9(1-2-11(10)17)18-15(19-24)14-12(20-26-21-14)8-13(23)22-3-5-25-6-4-22/h1-2,7,24H,3-6,8H2,(H,18,19). The number of hydrogen-bond donors (Lipinski definition) is 2. The first kappa shape index (κ1) is 18.4. The summed E-state index contributed by atoms with van der Waals surface area (Å²) in [7, 11) is 0. The molecule has 2 N–H and O–H groups in total. The lowest BCUT2D eigenvalue weighted by Crippen LogP contribution is -2.41. The summed E-state index contributed by atoms with van der Waals surface area (Å²) in [5.74, 6) is -0.677. The van der Waals surface area contributed by atoms with Gasteiger partial charge in [0.15, 0.2) is 11.5 Å². The molecule has 3 rings (SSSR count). The third-order valence-corrected chi connectivity index (χ3v) is 4.32. The van der Waals surface area contributed by atoms with Crippen LogP contribution in [0.3, 0.4) is 0 Å². The summed E-state index contributed by atoms with van der Waals surface area (Å²) >= 11 is 3.06. The molecule has 1 aromatic carbocycles. The fraction of sp³-hybridized carbons (Fsp3) is 0.333. The highest BCUT2D eigenvalue weighted by Gasteiger charge is 2.23. The van der Waals surface area contributed by atoms with Crippen LogP contribution in [0.15, 0.2) is 32.3 Å². The maximum atomic E-state index is 13.3. The van der Waals surface area contributed by atoms with Gasteiger partial charge in [-0.05, 0) is 39.3 Å². The molecular formula is C15H15BrFN5O4. The third kappa shape index (κ3) is 4.23. The number of rotatable bonds is 4. The number of benzene rings is 1. The monoisotopic (exact) mass is 427 g/mol. The zero-order valence-corrected chi connectivity index (χ0v) is 15.1. The molecule has 1 fully saturated rings. The van der Waals surface area contributed by atoms with Gasteiger partial charge in [-0.25, -0.2) is 14.0 Å². The van der Waals surface area contributed by atoms with Crippen LogP contribution < -0.4 is 5.48 Å². The molecule has 2 heterocycles. The molecule has 0 bridgehead atoms. The average molecular weight is 428 g/mol. The first-order chi connectivity index (χ1) is 12.6. The van der Waals surface area contributed by atoms with Crippen molar-refractivity contribution in [1.82, 2.24) is 20.7 Å². The molecule has 1 aromatic heterocycles. The number of nitrogens with one attached hydrogen (secondary N) is 1. The number of aliphatic imine (C=N–C) groups is 1. The smallest absolute Gasteiger partial charge is 0.228 e. The van der Waals surface area contributed by atoms with E-state index in [-0.39, 0.29) is 34.0 Å². The third-order valence-electron chi connectivity index (χ3n) is 3.71. The molecule has 26 heavy (non-hydrogen) atoms. The molecule has 1 aliphatic rings. The van der Waals surface area contributed by atoms with Gasteiger partial charge < -0.3 is 9.64 Å². The molecular weight excluding hydrogens is 413 g/mol. The Bertz CT molecular complexity index is 822. The van der Waals surface area contributed by atoms with Gasteiger partial charge in [-0.3, -0.25) is 15.5 Å². The molecule has 0 atom stereocenters.